The van der Waals surface area contributed by atoms with Gasteiger partial charge in [-0.25, -0.2) is 9.59 Å². The van der Waals surface area contributed by atoms with Gasteiger partial charge >= 0.3 is 11.9 Å². The van der Waals surface area contributed by atoms with Crippen LogP contribution < -0.4 is 0 Å². The van der Waals surface area contributed by atoms with Gasteiger partial charge < -0.3 is 14.9 Å². The zero-order chi connectivity index (χ0) is 10.4. The Morgan fingerprint density at radius 1 is 1.08 bits per heavy atom. The topological polar surface area (TPSA) is 83.8 Å². The lowest BCUT2D eigenvalue weighted by Crippen LogP contribution is -2.33. The van der Waals surface area contributed by atoms with Gasteiger partial charge in [-0.3, -0.25) is 0 Å². The largest absolute Gasteiger partial charge is 0.479 e. The monoisotopic (exact) mass is 190 g/mol. The zero-order valence-corrected chi connectivity index (χ0v) is 7.69. The molecule has 0 heterocycles. The Kier molecular flexibility index (Phi) is 5.06. The Hall–Kier alpha value is -1.10. The molecule has 0 radical (unpaired) electrons. The molecule has 5 nitrogen and oxygen atoms in total. The Morgan fingerprint density at radius 3 is 1.54 bits per heavy atom. The second-order valence-electron chi connectivity index (χ2n) is 2.61. The van der Waals surface area contributed by atoms with Gasteiger partial charge in [-0.05, 0) is 12.8 Å². The first-order valence-electron chi connectivity index (χ1n) is 4.13. The maximum atomic E-state index is 10.5. The highest BCUT2D eigenvalue weighted by Crippen LogP contribution is 2.06. The number of carbonyl (C=O) groups is 2. The van der Waals surface area contributed by atoms with E-state index in [9.17, 15) is 9.59 Å². The van der Waals surface area contributed by atoms with Crippen molar-refractivity contribution in [3.05, 3.63) is 0 Å². The summed E-state index contributed by atoms with van der Waals surface area (Å²) in [5.74, 6) is -2.25. The molecule has 0 fully saturated rings. The van der Waals surface area contributed by atoms with Gasteiger partial charge in [0.2, 0.25) is 0 Å². The summed E-state index contributed by atoms with van der Waals surface area (Å²) in [4.78, 5) is 21.0. The lowest BCUT2D eigenvalue weighted by atomic mass is 10.2. The normalized spacial score (nSPS) is 14.9. The SMILES string of the molecule is CC[C@@H](O[C@H](CC)C(=O)O)C(=O)O. The summed E-state index contributed by atoms with van der Waals surface area (Å²) < 4.78 is 4.87. The van der Waals surface area contributed by atoms with E-state index < -0.39 is 24.1 Å². The molecule has 0 aliphatic rings. The molecule has 0 amide bonds. The van der Waals surface area contributed by atoms with Gasteiger partial charge in [0.05, 0.1) is 0 Å². The molecular weight excluding hydrogens is 176 g/mol. The molecule has 0 bridgehead atoms. The molecule has 0 aromatic rings. The predicted molar refractivity (Wildman–Crippen MR) is 44.5 cm³/mol. The van der Waals surface area contributed by atoms with E-state index >= 15 is 0 Å². The van der Waals surface area contributed by atoms with Crippen LogP contribution in [0.15, 0.2) is 0 Å². The molecule has 13 heavy (non-hydrogen) atoms. The second kappa shape index (κ2) is 5.53. The van der Waals surface area contributed by atoms with Crippen LogP contribution in [0.25, 0.3) is 0 Å². The Morgan fingerprint density at radius 2 is 1.38 bits per heavy atom. The van der Waals surface area contributed by atoms with Crippen molar-refractivity contribution in [2.45, 2.75) is 38.9 Å². The third-order valence-electron chi connectivity index (χ3n) is 1.62. The van der Waals surface area contributed by atoms with E-state index in [-0.39, 0.29) is 12.8 Å². The molecule has 0 aromatic heterocycles. The van der Waals surface area contributed by atoms with Crippen LogP contribution in [-0.2, 0) is 14.3 Å². The molecule has 0 rings (SSSR count). The van der Waals surface area contributed by atoms with E-state index in [4.69, 9.17) is 14.9 Å². The minimum atomic E-state index is -1.12. The molecule has 76 valence electrons. The van der Waals surface area contributed by atoms with Crippen molar-refractivity contribution in [1.82, 2.24) is 0 Å². The summed E-state index contributed by atoms with van der Waals surface area (Å²) in [6.45, 7) is 3.26. The van der Waals surface area contributed by atoms with Crippen molar-refractivity contribution >= 4 is 11.9 Å². The molecule has 0 aromatic carbocycles. The van der Waals surface area contributed by atoms with E-state index in [1.54, 1.807) is 13.8 Å². The molecule has 0 saturated carbocycles. The lowest BCUT2D eigenvalue weighted by Gasteiger charge is -2.16. The van der Waals surface area contributed by atoms with E-state index in [2.05, 4.69) is 0 Å². The van der Waals surface area contributed by atoms with Crippen molar-refractivity contribution in [3.8, 4) is 0 Å². The third-order valence-corrected chi connectivity index (χ3v) is 1.62. The first-order chi connectivity index (χ1) is 6.02. The molecule has 0 unspecified atom stereocenters. The number of hydrogen-bond donors (Lipinski definition) is 2. The summed E-state index contributed by atoms with van der Waals surface area (Å²) in [5.41, 5.74) is 0. The minimum Gasteiger partial charge on any atom is -0.479 e. The van der Waals surface area contributed by atoms with Crippen LogP contribution in [-0.4, -0.2) is 34.4 Å². The van der Waals surface area contributed by atoms with Crippen molar-refractivity contribution < 1.29 is 24.5 Å². The first-order valence-corrected chi connectivity index (χ1v) is 4.13. The van der Waals surface area contributed by atoms with Crippen LogP contribution in [0.4, 0.5) is 0 Å². The van der Waals surface area contributed by atoms with Gasteiger partial charge in [-0.15, -0.1) is 0 Å². The Balaban J connectivity index is 4.19. The average molecular weight is 190 g/mol. The van der Waals surface area contributed by atoms with Gasteiger partial charge in [0.15, 0.2) is 12.2 Å². The van der Waals surface area contributed by atoms with Crippen molar-refractivity contribution in [2.24, 2.45) is 0 Å². The number of carboxylic acids is 2. The van der Waals surface area contributed by atoms with Crippen molar-refractivity contribution in [3.63, 3.8) is 0 Å². The third kappa shape index (κ3) is 3.89. The van der Waals surface area contributed by atoms with Gasteiger partial charge in [-0.1, -0.05) is 13.8 Å². The van der Waals surface area contributed by atoms with Crippen LogP contribution in [0.3, 0.4) is 0 Å². The highest BCUT2D eigenvalue weighted by molar-refractivity contribution is 5.75. The van der Waals surface area contributed by atoms with Gasteiger partial charge in [0.25, 0.3) is 0 Å². The number of rotatable bonds is 6. The van der Waals surface area contributed by atoms with E-state index in [1.807, 2.05) is 0 Å². The maximum Gasteiger partial charge on any atom is 0.332 e. The smallest absolute Gasteiger partial charge is 0.332 e. The predicted octanol–water partition coefficient (Wildman–Crippen LogP) is 0.729. The lowest BCUT2D eigenvalue weighted by molar-refractivity contribution is -0.165. The maximum absolute atomic E-state index is 10.5. The molecule has 0 spiro atoms. The van der Waals surface area contributed by atoms with Crippen LogP contribution in [0.1, 0.15) is 26.7 Å². The van der Waals surface area contributed by atoms with Crippen LogP contribution in [0, 0.1) is 0 Å². The molecule has 2 N–H and O–H groups in total. The number of ether oxygens (including phenoxy) is 1. The van der Waals surface area contributed by atoms with E-state index in [0.717, 1.165) is 0 Å². The van der Waals surface area contributed by atoms with Crippen molar-refractivity contribution in [1.29, 1.82) is 0 Å². The molecule has 2 atom stereocenters. The fraction of sp³-hybridized carbons (Fsp3) is 0.750. The Labute approximate surface area is 76.3 Å². The van der Waals surface area contributed by atoms with Gasteiger partial charge in [-0.2, -0.15) is 0 Å². The summed E-state index contributed by atoms with van der Waals surface area (Å²) in [6, 6.07) is 0. The Bertz CT molecular complexity index is 169. The fourth-order valence-electron chi connectivity index (χ4n) is 0.856. The molecule has 0 saturated heterocycles. The molecule has 0 aliphatic heterocycles. The molecule has 5 heteroatoms. The fourth-order valence-corrected chi connectivity index (χ4v) is 0.856. The average Bonchev–Trinajstić information content (AvgIpc) is 2.05. The summed E-state index contributed by atoms with van der Waals surface area (Å²) in [5, 5.41) is 17.2. The number of hydrogen-bond acceptors (Lipinski definition) is 3. The first kappa shape index (κ1) is 11.9. The molecular formula is C8H14O5. The van der Waals surface area contributed by atoms with E-state index in [1.165, 1.54) is 0 Å². The van der Waals surface area contributed by atoms with Crippen LogP contribution in [0.5, 0.6) is 0 Å². The number of carboxylic acid groups (broad SMARTS) is 2. The van der Waals surface area contributed by atoms with Gasteiger partial charge in [0.1, 0.15) is 0 Å². The van der Waals surface area contributed by atoms with E-state index in [0.29, 0.717) is 0 Å². The van der Waals surface area contributed by atoms with Crippen LogP contribution in [0.2, 0.25) is 0 Å². The summed E-state index contributed by atoms with van der Waals surface area (Å²) in [6.07, 6.45) is -1.53. The highest BCUT2D eigenvalue weighted by atomic mass is 16.5. The van der Waals surface area contributed by atoms with Crippen molar-refractivity contribution in [2.75, 3.05) is 0 Å². The van der Waals surface area contributed by atoms with Gasteiger partial charge in [0, 0.05) is 0 Å². The minimum absolute atomic E-state index is 0.263. The summed E-state index contributed by atoms with van der Waals surface area (Å²) >= 11 is 0. The quantitative estimate of drug-likeness (QED) is 0.645. The second-order valence-corrected chi connectivity index (χ2v) is 2.61. The standard InChI is InChI=1S/C8H14O5/c1-3-5(7(9)10)13-6(4-2)8(11)12/h5-6H,3-4H2,1-2H3,(H,9,10)(H,11,12)/t5-,6-/m1/s1. The summed E-state index contributed by atoms with van der Waals surface area (Å²) in [7, 11) is 0. The molecule has 0 aliphatic carbocycles. The highest BCUT2D eigenvalue weighted by Gasteiger charge is 2.24. The number of aliphatic carboxylic acids is 2. The zero-order valence-electron chi connectivity index (χ0n) is 7.69. The van der Waals surface area contributed by atoms with Crippen LogP contribution >= 0.6 is 0 Å².